The number of aromatic amines is 1. The van der Waals surface area contributed by atoms with E-state index in [1.54, 1.807) is 0 Å². The lowest BCUT2D eigenvalue weighted by Gasteiger charge is -2.03. The van der Waals surface area contributed by atoms with Gasteiger partial charge in [0.25, 0.3) is 0 Å². The van der Waals surface area contributed by atoms with E-state index in [0.717, 1.165) is 30.8 Å². The molecular formula is C17H15FN2. The molecule has 0 aliphatic carbocycles. The fourth-order valence-electron chi connectivity index (χ4n) is 3.09. The lowest BCUT2D eigenvalue weighted by molar-refractivity contribution is 0.628. The molecule has 100 valence electrons. The molecule has 1 aliphatic rings. The highest BCUT2D eigenvalue weighted by Gasteiger charge is 2.17. The van der Waals surface area contributed by atoms with E-state index in [1.165, 1.54) is 34.2 Å². The van der Waals surface area contributed by atoms with Crippen LogP contribution in [-0.2, 0) is 13.0 Å². The number of rotatable bonds is 1. The molecular weight excluding hydrogens is 251 g/mol. The zero-order valence-electron chi connectivity index (χ0n) is 11.0. The second-order valence-electron chi connectivity index (χ2n) is 5.25. The van der Waals surface area contributed by atoms with Crippen molar-refractivity contribution in [3.63, 3.8) is 0 Å². The number of hydrogen-bond donors (Lipinski definition) is 2. The Morgan fingerprint density at radius 1 is 1.00 bits per heavy atom. The molecule has 0 saturated heterocycles. The van der Waals surface area contributed by atoms with E-state index in [9.17, 15) is 4.39 Å². The third-order valence-electron chi connectivity index (χ3n) is 4.01. The van der Waals surface area contributed by atoms with Gasteiger partial charge < -0.3 is 10.3 Å². The summed E-state index contributed by atoms with van der Waals surface area (Å²) in [6, 6.07) is 13.1. The van der Waals surface area contributed by atoms with Crippen LogP contribution >= 0.6 is 0 Å². The summed E-state index contributed by atoms with van der Waals surface area (Å²) in [5.41, 5.74) is 6.01. The summed E-state index contributed by atoms with van der Waals surface area (Å²) in [6.07, 6.45) is 0.990. The number of hydrogen-bond acceptors (Lipinski definition) is 1. The smallest absolute Gasteiger partial charge is 0.123 e. The van der Waals surface area contributed by atoms with E-state index in [4.69, 9.17) is 0 Å². The van der Waals surface area contributed by atoms with E-state index >= 15 is 0 Å². The molecule has 2 aromatic carbocycles. The highest BCUT2D eigenvalue weighted by molar-refractivity contribution is 5.93. The molecule has 2 nitrogen and oxygen atoms in total. The van der Waals surface area contributed by atoms with Crippen LogP contribution < -0.4 is 5.32 Å². The average molecular weight is 266 g/mol. The minimum absolute atomic E-state index is 0.196. The molecule has 3 heteroatoms. The lowest BCUT2D eigenvalue weighted by atomic mass is 10.0. The molecule has 0 radical (unpaired) electrons. The number of benzene rings is 2. The molecule has 0 unspecified atom stereocenters. The van der Waals surface area contributed by atoms with Crippen LogP contribution in [0.25, 0.3) is 22.2 Å². The summed E-state index contributed by atoms with van der Waals surface area (Å²) in [5.74, 6) is -0.196. The van der Waals surface area contributed by atoms with Gasteiger partial charge in [-0.3, -0.25) is 0 Å². The van der Waals surface area contributed by atoms with Gasteiger partial charge in [0.15, 0.2) is 0 Å². The first-order chi connectivity index (χ1) is 9.83. The largest absolute Gasteiger partial charge is 0.354 e. The molecule has 0 spiro atoms. The van der Waals surface area contributed by atoms with Gasteiger partial charge in [0.1, 0.15) is 5.82 Å². The highest BCUT2D eigenvalue weighted by Crippen LogP contribution is 2.33. The summed E-state index contributed by atoms with van der Waals surface area (Å²) in [5, 5.41) is 4.78. The Morgan fingerprint density at radius 3 is 2.70 bits per heavy atom. The summed E-state index contributed by atoms with van der Waals surface area (Å²) < 4.78 is 13.1. The molecule has 20 heavy (non-hydrogen) atoms. The Kier molecular flexibility index (Phi) is 2.60. The van der Waals surface area contributed by atoms with Crippen LogP contribution in [0.15, 0.2) is 42.5 Å². The van der Waals surface area contributed by atoms with Gasteiger partial charge >= 0.3 is 0 Å². The van der Waals surface area contributed by atoms with Crippen molar-refractivity contribution in [3.8, 4) is 11.3 Å². The monoisotopic (exact) mass is 266 g/mol. The molecule has 0 amide bonds. The highest BCUT2D eigenvalue weighted by atomic mass is 19.1. The van der Waals surface area contributed by atoms with Gasteiger partial charge in [0.05, 0.1) is 0 Å². The minimum Gasteiger partial charge on any atom is -0.354 e. The standard InChI is InChI=1S/C17H15FN2/c18-13-6-4-11(5-7-13)17-14-8-9-19-10-12-2-1-3-15(20-17)16(12)14/h1-7,19-20H,8-10H2. The van der Waals surface area contributed by atoms with Crippen LogP contribution in [0, 0.1) is 5.82 Å². The lowest BCUT2D eigenvalue weighted by Crippen LogP contribution is -2.14. The van der Waals surface area contributed by atoms with Crippen LogP contribution in [0.1, 0.15) is 11.1 Å². The summed E-state index contributed by atoms with van der Waals surface area (Å²) in [4.78, 5) is 3.51. The van der Waals surface area contributed by atoms with Gasteiger partial charge in [0, 0.05) is 23.1 Å². The average Bonchev–Trinajstić information content (AvgIpc) is 2.69. The number of nitrogens with one attached hydrogen (secondary N) is 2. The van der Waals surface area contributed by atoms with Crippen molar-refractivity contribution in [3.05, 3.63) is 59.4 Å². The Morgan fingerprint density at radius 2 is 1.85 bits per heavy atom. The maximum atomic E-state index is 13.1. The van der Waals surface area contributed by atoms with Gasteiger partial charge in [0.2, 0.25) is 0 Å². The van der Waals surface area contributed by atoms with E-state index in [1.807, 2.05) is 12.1 Å². The van der Waals surface area contributed by atoms with Gasteiger partial charge in [-0.25, -0.2) is 4.39 Å². The van der Waals surface area contributed by atoms with Crippen LogP contribution in [0.5, 0.6) is 0 Å². The third-order valence-corrected chi connectivity index (χ3v) is 4.01. The molecule has 3 aromatic rings. The summed E-state index contributed by atoms with van der Waals surface area (Å²) in [6.45, 7) is 1.88. The van der Waals surface area contributed by atoms with E-state index in [0.29, 0.717) is 0 Å². The zero-order chi connectivity index (χ0) is 13.5. The molecule has 0 fully saturated rings. The van der Waals surface area contributed by atoms with Gasteiger partial charge in [-0.15, -0.1) is 0 Å². The molecule has 1 aliphatic heterocycles. The fraction of sp³-hybridized carbons (Fsp3) is 0.176. The SMILES string of the molecule is Fc1ccc(-c2[nH]c3cccc4c3c2CCNC4)cc1. The Labute approximate surface area is 116 Å². The molecule has 0 bridgehead atoms. The fourth-order valence-corrected chi connectivity index (χ4v) is 3.09. The second kappa shape index (κ2) is 4.46. The van der Waals surface area contributed by atoms with Crippen LogP contribution in [0.2, 0.25) is 0 Å². The summed E-state index contributed by atoms with van der Waals surface area (Å²) >= 11 is 0. The first kappa shape index (κ1) is 11.7. The molecule has 4 rings (SSSR count). The quantitative estimate of drug-likeness (QED) is 0.691. The van der Waals surface area contributed by atoms with Gasteiger partial charge in [-0.2, -0.15) is 0 Å². The number of aromatic nitrogens is 1. The molecule has 0 saturated carbocycles. The Hall–Kier alpha value is -2.13. The third kappa shape index (κ3) is 1.74. The zero-order valence-corrected chi connectivity index (χ0v) is 11.0. The van der Waals surface area contributed by atoms with Crippen molar-refractivity contribution in [2.75, 3.05) is 6.54 Å². The molecule has 0 atom stereocenters. The molecule has 1 aromatic heterocycles. The molecule has 2 heterocycles. The van der Waals surface area contributed by atoms with Crippen molar-refractivity contribution in [1.82, 2.24) is 10.3 Å². The van der Waals surface area contributed by atoms with Crippen molar-refractivity contribution >= 4 is 10.9 Å². The maximum absolute atomic E-state index is 13.1. The van der Waals surface area contributed by atoms with E-state index < -0.39 is 0 Å². The van der Waals surface area contributed by atoms with Crippen LogP contribution in [0.3, 0.4) is 0 Å². The maximum Gasteiger partial charge on any atom is 0.123 e. The number of H-pyrrole nitrogens is 1. The Balaban J connectivity index is 2.00. The normalized spacial score (nSPS) is 14.4. The first-order valence-electron chi connectivity index (χ1n) is 6.92. The summed E-state index contributed by atoms with van der Waals surface area (Å²) in [7, 11) is 0. The van der Waals surface area contributed by atoms with Gasteiger partial charge in [-0.05, 0) is 60.0 Å². The number of halogens is 1. The predicted octanol–water partition coefficient (Wildman–Crippen LogP) is 3.62. The van der Waals surface area contributed by atoms with Crippen molar-refractivity contribution < 1.29 is 4.39 Å². The van der Waals surface area contributed by atoms with Crippen molar-refractivity contribution in [2.45, 2.75) is 13.0 Å². The van der Waals surface area contributed by atoms with E-state index in [2.05, 4.69) is 28.5 Å². The van der Waals surface area contributed by atoms with Crippen LogP contribution in [0.4, 0.5) is 4.39 Å². The van der Waals surface area contributed by atoms with Gasteiger partial charge in [-0.1, -0.05) is 12.1 Å². The second-order valence-corrected chi connectivity index (χ2v) is 5.25. The first-order valence-corrected chi connectivity index (χ1v) is 6.92. The van der Waals surface area contributed by atoms with Crippen molar-refractivity contribution in [1.29, 1.82) is 0 Å². The van der Waals surface area contributed by atoms with E-state index in [-0.39, 0.29) is 5.82 Å². The Bertz CT molecular complexity index is 772. The topological polar surface area (TPSA) is 27.8 Å². The van der Waals surface area contributed by atoms with Crippen molar-refractivity contribution in [2.24, 2.45) is 0 Å². The molecule has 2 N–H and O–H groups in total. The minimum atomic E-state index is -0.196. The predicted molar refractivity (Wildman–Crippen MR) is 79.1 cm³/mol. The van der Waals surface area contributed by atoms with Crippen LogP contribution in [-0.4, -0.2) is 11.5 Å².